The minimum absolute atomic E-state index is 0.932. The summed E-state index contributed by atoms with van der Waals surface area (Å²) in [6.45, 7) is 9.33. The largest absolute Gasteiger partial charge is 0.317 e. The lowest BCUT2D eigenvalue weighted by Crippen LogP contribution is -2.23. The Kier molecular flexibility index (Phi) is 6.31. The van der Waals surface area contributed by atoms with Gasteiger partial charge in [0.2, 0.25) is 0 Å². The zero-order chi connectivity index (χ0) is 11.1. The highest BCUT2D eigenvalue weighted by atomic mass is 14.8. The molecule has 1 saturated carbocycles. The Morgan fingerprint density at radius 1 is 1.13 bits per heavy atom. The van der Waals surface area contributed by atoms with Crippen LogP contribution in [0.5, 0.6) is 0 Å². The predicted molar refractivity (Wildman–Crippen MR) is 68.1 cm³/mol. The van der Waals surface area contributed by atoms with Gasteiger partial charge in [0.05, 0.1) is 0 Å². The molecule has 0 aliphatic heterocycles. The molecule has 90 valence electrons. The molecule has 1 unspecified atom stereocenters. The molecule has 0 saturated heterocycles. The van der Waals surface area contributed by atoms with Crippen molar-refractivity contribution in [2.75, 3.05) is 13.1 Å². The maximum Gasteiger partial charge on any atom is -0.00464 e. The van der Waals surface area contributed by atoms with Crippen LogP contribution in [0.4, 0.5) is 0 Å². The molecule has 0 bridgehead atoms. The molecule has 1 heteroatoms. The van der Waals surface area contributed by atoms with Crippen LogP contribution in [0.2, 0.25) is 0 Å². The van der Waals surface area contributed by atoms with Gasteiger partial charge in [-0.25, -0.2) is 0 Å². The Morgan fingerprint density at radius 2 is 1.80 bits per heavy atom. The summed E-state index contributed by atoms with van der Waals surface area (Å²) in [7, 11) is 0. The van der Waals surface area contributed by atoms with E-state index in [-0.39, 0.29) is 0 Å². The summed E-state index contributed by atoms with van der Waals surface area (Å²) < 4.78 is 0. The van der Waals surface area contributed by atoms with E-state index in [1.54, 1.807) is 0 Å². The van der Waals surface area contributed by atoms with E-state index in [1.807, 2.05) is 0 Å². The number of hydrogen-bond donors (Lipinski definition) is 1. The fourth-order valence-corrected chi connectivity index (χ4v) is 2.91. The third-order valence-corrected chi connectivity index (χ3v) is 4.30. The summed E-state index contributed by atoms with van der Waals surface area (Å²) in [5, 5.41) is 3.44. The van der Waals surface area contributed by atoms with Crippen LogP contribution in [0.3, 0.4) is 0 Å². The Morgan fingerprint density at radius 3 is 2.33 bits per heavy atom. The van der Waals surface area contributed by atoms with E-state index < -0.39 is 0 Å². The molecule has 1 nitrogen and oxygen atoms in total. The van der Waals surface area contributed by atoms with Gasteiger partial charge in [0, 0.05) is 0 Å². The average Bonchev–Trinajstić information content (AvgIpc) is 2.29. The van der Waals surface area contributed by atoms with Crippen LogP contribution in [0.15, 0.2) is 0 Å². The summed E-state index contributed by atoms with van der Waals surface area (Å²) in [6.07, 6.45) is 8.74. The normalized spacial score (nSPS) is 29.0. The number of hydrogen-bond acceptors (Lipinski definition) is 1. The maximum absolute atomic E-state index is 3.44. The second-order valence-electron chi connectivity index (χ2n) is 5.31. The molecule has 1 rings (SSSR count). The van der Waals surface area contributed by atoms with Crippen molar-refractivity contribution < 1.29 is 0 Å². The van der Waals surface area contributed by atoms with Crippen molar-refractivity contribution in [1.82, 2.24) is 5.32 Å². The lowest BCUT2D eigenvalue weighted by atomic mass is 9.75. The zero-order valence-electron chi connectivity index (χ0n) is 10.9. The highest BCUT2D eigenvalue weighted by Gasteiger charge is 2.23. The summed E-state index contributed by atoms with van der Waals surface area (Å²) in [6, 6.07) is 0. The second kappa shape index (κ2) is 7.27. The minimum Gasteiger partial charge on any atom is -0.317 e. The second-order valence-corrected chi connectivity index (χ2v) is 5.31. The molecule has 1 aliphatic carbocycles. The van der Waals surface area contributed by atoms with Crippen molar-refractivity contribution in [3.63, 3.8) is 0 Å². The first-order valence-corrected chi connectivity index (χ1v) is 6.98. The molecule has 0 heterocycles. The third kappa shape index (κ3) is 4.55. The van der Waals surface area contributed by atoms with Gasteiger partial charge >= 0.3 is 0 Å². The fraction of sp³-hybridized carbons (Fsp3) is 1.00. The molecule has 1 N–H and O–H groups in total. The van der Waals surface area contributed by atoms with Gasteiger partial charge in [-0.15, -0.1) is 0 Å². The zero-order valence-corrected chi connectivity index (χ0v) is 10.9. The smallest absolute Gasteiger partial charge is 0.00464 e. The maximum atomic E-state index is 3.44. The van der Waals surface area contributed by atoms with E-state index in [1.165, 1.54) is 45.1 Å². The van der Waals surface area contributed by atoms with Crippen LogP contribution in [-0.2, 0) is 0 Å². The Bertz CT molecular complexity index is 147. The summed E-state index contributed by atoms with van der Waals surface area (Å²) in [5.74, 6) is 3.00. The van der Waals surface area contributed by atoms with Gasteiger partial charge in [-0.1, -0.05) is 40.0 Å². The average molecular weight is 211 g/mol. The molecular formula is C14H29N. The number of rotatable bonds is 6. The molecule has 0 amide bonds. The van der Waals surface area contributed by atoms with Crippen LogP contribution in [0.1, 0.15) is 59.3 Å². The van der Waals surface area contributed by atoms with E-state index in [0.29, 0.717) is 0 Å². The molecule has 15 heavy (non-hydrogen) atoms. The summed E-state index contributed by atoms with van der Waals surface area (Å²) >= 11 is 0. The molecule has 1 atom stereocenters. The topological polar surface area (TPSA) is 12.0 Å². The Balaban J connectivity index is 2.15. The molecular weight excluding hydrogens is 182 g/mol. The Hall–Kier alpha value is -0.0400. The van der Waals surface area contributed by atoms with Crippen LogP contribution < -0.4 is 5.32 Å². The van der Waals surface area contributed by atoms with Crippen molar-refractivity contribution in [1.29, 1.82) is 0 Å². The first kappa shape index (κ1) is 13.0. The van der Waals surface area contributed by atoms with Gasteiger partial charge in [0.15, 0.2) is 0 Å². The van der Waals surface area contributed by atoms with Crippen molar-refractivity contribution in [3.05, 3.63) is 0 Å². The van der Waals surface area contributed by atoms with E-state index >= 15 is 0 Å². The molecule has 0 aromatic carbocycles. The molecule has 0 aromatic rings. The predicted octanol–water partition coefficient (Wildman–Crippen LogP) is 3.84. The molecule has 0 spiro atoms. The van der Waals surface area contributed by atoms with Crippen LogP contribution in [0, 0.1) is 17.8 Å². The van der Waals surface area contributed by atoms with Crippen molar-refractivity contribution in [3.8, 4) is 0 Å². The van der Waals surface area contributed by atoms with Crippen molar-refractivity contribution >= 4 is 0 Å². The summed E-state index contributed by atoms with van der Waals surface area (Å²) in [5.41, 5.74) is 0. The molecule has 1 fully saturated rings. The minimum atomic E-state index is 0.932. The highest BCUT2D eigenvalue weighted by Crippen LogP contribution is 2.35. The SMILES string of the molecule is CCNCCC(C)C1CCC(CC)CC1. The van der Waals surface area contributed by atoms with Crippen LogP contribution in [0.25, 0.3) is 0 Å². The molecule has 0 aromatic heterocycles. The van der Waals surface area contributed by atoms with E-state index in [0.717, 1.165) is 24.3 Å². The van der Waals surface area contributed by atoms with E-state index in [9.17, 15) is 0 Å². The third-order valence-electron chi connectivity index (χ3n) is 4.30. The first-order chi connectivity index (χ1) is 7.27. The molecule has 0 radical (unpaired) electrons. The fourth-order valence-electron chi connectivity index (χ4n) is 2.91. The lowest BCUT2D eigenvalue weighted by molar-refractivity contribution is 0.203. The van der Waals surface area contributed by atoms with Gasteiger partial charge < -0.3 is 5.32 Å². The Labute approximate surface area is 96.0 Å². The summed E-state index contributed by atoms with van der Waals surface area (Å²) in [4.78, 5) is 0. The van der Waals surface area contributed by atoms with Gasteiger partial charge in [-0.05, 0) is 50.1 Å². The lowest BCUT2D eigenvalue weighted by Gasteiger charge is -2.32. The monoisotopic (exact) mass is 211 g/mol. The van der Waals surface area contributed by atoms with Crippen LogP contribution >= 0.6 is 0 Å². The van der Waals surface area contributed by atoms with Gasteiger partial charge in [-0.2, -0.15) is 0 Å². The first-order valence-electron chi connectivity index (χ1n) is 6.98. The van der Waals surface area contributed by atoms with E-state index in [2.05, 4.69) is 26.1 Å². The quantitative estimate of drug-likeness (QED) is 0.658. The van der Waals surface area contributed by atoms with Gasteiger partial charge in [0.1, 0.15) is 0 Å². The van der Waals surface area contributed by atoms with Gasteiger partial charge in [-0.3, -0.25) is 0 Å². The van der Waals surface area contributed by atoms with Crippen molar-refractivity contribution in [2.45, 2.75) is 59.3 Å². The van der Waals surface area contributed by atoms with Crippen LogP contribution in [-0.4, -0.2) is 13.1 Å². The standard InChI is InChI=1S/C14H29N/c1-4-13-6-8-14(9-7-13)12(3)10-11-15-5-2/h12-15H,4-11H2,1-3H3. The van der Waals surface area contributed by atoms with E-state index in [4.69, 9.17) is 0 Å². The van der Waals surface area contributed by atoms with Crippen molar-refractivity contribution in [2.24, 2.45) is 17.8 Å². The molecule has 1 aliphatic rings. The van der Waals surface area contributed by atoms with Gasteiger partial charge in [0.25, 0.3) is 0 Å². The highest BCUT2D eigenvalue weighted by molar-refractivity contribution is 4.75. The number of nitrogens with one attached hydrogen (secondary N) is 1.